The van der Waals surface area contributed by atoms with Crippen LogP contribution in [0.4, 0.5) is 0 Å². The highest BCUT2D eigenvalue weighted by atomic mass is 16.4. The summed E-state index contributed by atoms with van der Waals surface area (Å²) in [7, 11) is 0. The number of aliphatic carboxylic acids is 1. The zero-order chi connectivity index (χ0) is 15.6. The smallest absolute Gasteiger partial charge is 0.308 e. The molecule has 1 fully saturated rings. The van der Waals surface area contributed by atoms with Crippen LogP contribution in [0.1, 0.15) is 55.5 Å². The Bertz CT molecular complexity index is 521. The standard InChI is InChI=1S/C17H23NO3/c1-11(2)13-6-8-14(9-7-13)16(19)18-10-4-5-15(12(18)3)17(20)21/h6-9,11-12,15H,4-5,10H2,1-3H3,(H,20,21)/t12-,15-/m0/s1. The molecule has 21 heavy (non-hydrogen) atoms. The van der Waals surface area contributed by atoms with E-state index in [-0.39, 0.29) is 11.9 Å². The van der Waals surface area contributed by atoms with Gasteiger partial charge in [-0.1, -0.05) is 26.0 Å². The van der Waals surface area contributed by atoms with Crippen LogP contribution in [0.15, 0.2) is 24.3 Å². The maximum Gasteiger partial charge on any atom is 0.308 e. The van der Waals surface area contributed by atoms with Gasteiger partial charge in [0.2, 0.25) is 0 Å². The molecule has 1 aliphatic rings. The van der Waals surface area contributed by atoms with E-state index in [0.717, 1.165) is 6.42 Å². The third-order valence-electron chi connectivity index (χ3n) is 4.39. The molecule has 0 radical (unpaired) electrons. The molecule has 1 aromatic rings. The Balaban J connectivity index is 2.16. The molecule has 114 valence electrons. The van der Waals surface area contributed by atoms with Gasteiger partial charge in [0.15, 0.2) is 0 Å². The summed E-state index contributed by atoms with van der Waals surface area (Å²) in [5.74, 6) is -0.906. The number of nitrogens with zero attached hydrogens (tertiary/aromatic N) is 1. The number of rotatable bonds is 3. The van der Waals surface area contributed by atoms with Crippen molar-refractivity contribution in [3.8, 4) is 0 Å². The Kier molecular flexibility index (Phi) is 4.66. The summed E-state index contributed by atoms with van der Waals surface area (Å²) in [6.45, 7) is 6.69. The van der Waals surface area contributed by atoms with Gasteiger partial charge in [0.1, 0.15) is 0 Å². The predicted octanol–water partition coefficient (Wildman–Crippen LogP) is 3.14. The predicted molar refractivity (Wildman–Crippen MR) is 81.4 cm³/mol. The Hall–Kier alpha value is -1.84. The van der Waals surface area contributed by atoms with Crippen LogP contribution in [-0.2, 0) is 4.79 Å². The van der Waals surface area contributed by atoms with E-state index < -0.39 is 11.9 Å². The fourth-order valence-corrected chi connectivity index (χ4v) is 2.94. The lowest BCUT2D eigenvalue weighted by atomic mass is 9.89. The van der Waals surface area contributed by atoms with Gasteiger partial charge >= 0.3 is 5.97 Å². The van der Waals surface area contributed by atoms with E-state index in [1.54, 1.807) is 4.90 Å². The topological polar surface area (TPSA) is 57.6 Å². The number of benzene rings is 1. The van der Waals surface area contributed by atoms with Crippen LogP contribution in [0, 0.1) is 5.92 Å². The molecule has 0 aromatic heterocycles. The molecule has 0 saturated carbocycles. The Morgan fingerprint density at radius 1 is 1.24 bits per heavy atom. The molecule has 0 spiro atoms. The molecule has 4 heteroatoms. The van der Waals surface area contributed by atoms with Gasteiger partial charge in [-0.25, -0.2) is 0 Å². The van der Waals surface area contributed by atoms with E-state index in [1.165, 1.54) is 5.56 Å². The monoisotopic (exact) mass is 289 g/mol. The van der Waals surface area contributed by atoms with Crippen LogP contribution in [0.25, 0.3) is 0 Å². The number of hydrogen-bond acceptors (Lipinski definition) is 2. The van der Waals surface area contributed by atoms with Gasteiger partial charge in [-0.05, 0) is 43.4 Å². The summed E-state index contributed by atoms with van der Waals surface area (Å²) < 4.78 is 0. The van der Waals surface area contributed by atoms with Crippen molar-refractivity contribution in [1.82, 2.24) is 4.90 Å². The van der Waals surface area contributed by atoms with Crippen LogP contribution in [-0.4, -0.2) is 34.5 Å². The lowest BCUT2D eigenvalue weighted by Crippen LogP contribution is -2.49. The minimum absolute atomic E-state index is 0.0660. The van der Waals surface area contributed by atoms with E-state index >= 15 is 0 Å². The molecule has 1 heterocycles. The SMILES string of the molecule is CC(C)c1ccc(C(=O)N2CCC[C@H](C(=O)O)[C@@H]2C)cc1. The van der Waals surface area contributed by atoms with Crippen LogP contribution >= 0.6 is 0 Å². The van der Waals surface area contributed by atoms with Gasteiger partial charge in [-0.15, -0.1) is 0 Å². The molecular weight excluding hydrogens is 266 g/mol. The van der Waals surface area contributed by atoms with Crippen molar-refractivity contribution in [3.63, 3.8) is 0 Å². The maximum absolute atomic E-state index is 12.6. The number of amides is 1. The van der Waals surface area contributed by atoms with Gasteiger partial charge in [-0.3, -0.25) is 9.59 Å². The molecule has 1 amide bonds. The Morgan fingerprint density at radius 2 is 1.86 bits per heavy atom. The molecule has 4 nitrogen and oxygen atoms in total. The second-order valence-electron chi connectivity index (χ2n) is 6.10. The Labute approximate surface area is 125 Å². The van der Waals surface area contributed by atoms with E-state index in [2.05, 4.69) is 13.8 Å². The van der Waals surface area contributed by atoms with E-state index in [0.29, 0.717) is 24.4 Å². The first kappa shape index (κ1) is 15.5. The zero-order valence-corrected chi connectivity index (χ0v) is 12.9. The van der Waals surface area contributed by atoms with Crippen LogP contribution in [0.3, 0.4) is 0 Å². The fraction of sp³-hybridized carbons (Fsp3) is 0.529. The highest BCUT2D eigenvalue weighted by molar-refractivity contribution is 5.95. The molecule has 1 aliphatic heterocycles. The number of carboxylic acid groups (broad SMARTS) is 1. The second kappa shape index (κ2) is 6.29. The maximum atomic E-state index is 12.6. The van der Waals surface area contributed by atoms with Gasteiger partial charge in [0, 0.05) is 18.2 Å². The first-order chi connectivity index (χ1) is 9.91. The van der Waals surface area contributed by atoms with Crippen molar-refractivity contribution in [2.45, 2.75) is 45.6 Å². The van der Waals surface area contributed by atoms with Crippen molar-refractivity contribution in [2.24, 2.45) is 5.92 Å². The summed E-state index contributed by atoms with van der Waals surface area (Å²) in [4.78, 5) is 25.5. The van der Waals surface area contributed by atoms with Crippen molar-refractivity contribution >= 4 is 11.9 Å². The average Bonchev–Trinajstić information content (AvgIpc) is 2.46. The zero-order valence-electron chi connectivity index (χ0n) is 12.9. The van der Waals surface area contributed by atoms with Gasteiger partial charge in [0.05, 0.1) is 5.92 Å². The Morgan fingerprint density at radius 3 is 2.38 bits per heavy atom. The summed E-state index contributed by atoms with van der Waals surface area (Å²) in [5.41, 5.74) is 1.83. The van der Waals surface area contributed by atoms with Crippen LogP contribution < -0.4 is 0 Å². The molecule has 2 atom stereocenters. The van der Waals surface area contributed by atoms with Gasteiger partial charge in [-0.2, -0.15) is 0 Å². The quantitative estimate of drug-likeness (QED) is 0.930. The van der Waals surface area contributed by atoms with Crippen LogP contribution in [0.2, 0.25) is 0 Å². The fourth-order valence-electron chi connectivity index (χ4n) is 2.94. The van der Waals surface area contributed by atoms with E-state index in [4.69, 9.17) is 0 Å². The van der Waals surface area contributed by atoms with Gasteiger partial charge in [0.25, 0.3) is 5.91 Å². The number of carbonyl (C=O) groups excluding carboxylic acids is 1. The highest BCUT2D eigenvalue weighted by Crippen LogP contribution is 2.25. The lowest BCUT2D eigenvalue weighted by Gasteiger charge is -2.37. The van der Waals surface area contributed by atoms with Crippen molar-refractivity contribution in [3.05, 3.63) is 35.4 Å². The summed E-state index contributed by atoms with van der Waals surface area (Å²) in [5, 5.41) is 9.24. The molecule has 0 bridgehead atoms. The number of likely N-dealkylation sites (tertiary alicyclic amines) is 1. The first-order valence-corrected chi connectivity index (χ1v) is 7.55. The summed E-state index contributed by atoms with van der Waals surface area (Å²) >= 11 is 0. The summed E-state index contributed by atoms with van der Waals surface area (Å²) in [6.07, 6.45) is 1.39. The average molecular weight is 289 g/mol. The number of hydrogen-bond donors (Lipinski definition) is 1. The first-order valence-electron chi connectivity index (χ1n) is 7.55. The van der Waals surface area contributed by atoms with Crippen molar-refractivity contribution in [1.29, 1.82) is 0 Å². The third kappa shape index (κ3) is 3.26. The molecule has 1 saturated heterocycles. The van der Waals surface area contributed by atoms with E-state index in [1.807, 2.05) is 31.2 Å². The van der Waals surface area contributed by atoms with Crippen LogP contribution in [0.5, 0.6) is 0 Å². The molecule has 2 rings (SSSR count). The molecule has 1 aromatic carbocycles. The molecular formula is C17H23NO3. The third-order valence-corrected chi connectivity index (χ3v) is 4.39. The molecule has 0 unspecified atom stereocenters. The van der Waals surface area contributed by atoms with Gasteiger partial charge < -0.3 is 10.0 Å². The lowest BCUT2D eigenvalue weighted by molar-refractivity contribution is -0.144. The largest absolute Gasteiger partial charge is 0.481 e. The minimum atomic E-state index is -0.810. The summed E-state index contributed by atoms with van der Waals surface area (Å²) in [6, 6.07) is 7.37. The van der Waals surface area contributed by atoms with Crippen molar-refractivity contribution in [2.75, 3.05) is 6.54 Å². The minimum Gasteiger partial charge on any atom is -0.481 e. The normalized spacial score (nSPS) is 22.4. The molecule has 1 N–H and O–H groups in total. The van der Waals surface area contributed by atoms with E-state index in [9.17, 15) is 14.7 Å². The van der Waals surface area contributed by atoms with Crippen molar-refractivity contribution < 1.29 is 14.7 Å². The second-order valence-corrected chi connectivity index (χ2v) is 6.10. The number of piperidine rings is 1. The number of carbonyl (C=O) groups is 2. The number of carboxylic acids is 1. The molecule has 0 aliphatic carbocycles. The highest BCUT2D eigenvalue weighted by Gasteiger charge is 2.35.